The predicted octanol–water partition coefficient (Wildman–Crippen LogP) is 1.52. The van der Waals surface area contributed by atoms with Crippen molar-refractivity contribution in [2.24, 2.45) is 0 Å². The maximum absolute atomic E-state index is 12.2. The average molecular weight is 118 g/mol. The molecule has 0 aromatic rings. The third-order valence-electron chi connectivity index (χ3n) is 1.51. The van der Waals surface area contributed by atoms with Gasteiger partial charge in [0.25, 0.3) is 0 Å². The van der Waals surface area contributed by atoms with Gasteiger partial charge in [0.2, 0.25) is 0 Å². The van der Waals surface area contributed by atoms with Crippen LogP contribution in [0.15, 0.2) is 0 Å². The third kappa shape index (κ3) is 0.996. The highest BCUT2D eigenvalue weighted by atomic mass is 19.1. The molecule has 0 amide bonds. The number of halogens is 1. The summed E-state index contributed by atoms with van der Waals surface area (Å²) in [5.74, 6) is 0. The Morgan fingerprint density at radius 1 is 1.62 bits per heavy atom. The molecule has 1 saturated carbocycles. The Bertz CT molecular complexity index is 74.9. The van der Waals surface area contributed by atoms with Gasteiger partial charge in [-0.3, -0.25) is 0 Å². The molecule has 1 fully saturated rings. The first-order valence-corrected chi connectivity index (χ1v) is 3.10. The SMILES string of the molecule is CCO[C@H]1CCC1F. The highest BCUT2D eigenvalue weighted by molar-refractivity contribution is 4.80. The van der Waals surface area contributed by atoms with Crippen molar-refractivity contribution in [3.8, 4) is 0 Å². The number of alkyl halides is 1. The number of rotatable bonds is 2. The molecule has 0 bridgehead atoms. The molecular weight excluding hydrogens is 107 g/mol. The Morgan fingerprint density at radius 2 is 2.38 bits per heavy atom. The quantitative estimate of drug-likeness (QED) is 0.534. The fourth-order valence-electron chi connectivity index (χ4n) is 0.831. The average Bonchev–Trinajstić information content (AvgIpc) is 1.79. The Kier molecular flexibility index (Phi) is 1.84. The van der Waals surface area contributed by atoms with E-state index in [2.05, 4.69) is 0 Å². The molecule has 0 aromatic carbocycles. The molecule has 0 heterocycles. The summed E-state index contributed by atoms with van der Waals surface area (Å²) in [5, 5.41) is 0. The molecule has 1 aliphatic carbocycles. The van der Waals surface area contributed by atoms with Crippen LogP contribution in [-0.4, -0.2) is 18.9 Å². The Morgan fingerprint density at radius 3 is 2.50 bits per heavy atom. The van der Waals surface area contributed by atoms with E-state index in [0.717, 1.165) is 6.42 Å². The topological polar surface area (TPSA) is 9.23 Å². The third-order valence-corrected chi connectivity index (χ3v) is 1.51. The Hall–Kier alpha value is -0.110. The minimum absolute atomic E-state index is 0.0694. The van der Waals surface area contributed by atoms with E-state index in [4.69, 9.17) is 4.74 Å². The molecule has 1 rings (SSSR count). The molecule has 8 heavy (non-hydrogen) atoms. The second kappa shape index (κ2) is 2.44. The van der Waals surface area contributed by atoms with Gasteiger partial charge in [-0.2, -0.15) is 0 Å². The maximum Gasteiger partial charge on any atom is 0.126 e. The van der Waals surface area contributed by atoms with E-state index in [9.17, 15) is 4.39 Å². The lowest BCUT2D eigenvalue weighted by Crippen LogP contribution is -2.35. The van der Waals surface area contributed by atoms with Crippen molar-refractivity contribution in [3.63, 3.8) is 0 Å². The normalized spacial score (nSPS) is 36.8. The van der Waals surface area contributed by atoms with Crippen LogP contribution >= 0.6 is 0 Å². The standard InChI is InChI=1S/C6H11FO/c1-2-8-6-4-3-5(6)7/h5-6H,2-4H2,1H3/t5?,6-/m0/s1. The van der Waals surface area contributed by atoms with Crippen LogP contribution in [-0.2, 0) is 4.74 Å². The van der Waals surface area contributed by atoms with Gasteiger partial charge in [0.05, 0.1) is 6.10 Å². The fourth-order valence-corrected chi connectivity index (χ4v) is 0.831. The van der Waals surface area contributed by atoms with Gasteiger partial charge in [0.1, 0.15) is 6.17 Å². The molecule has 2 heteroatoms. The minimum atomic E-state index is -0.671. The molecule has 0 saturated heterocycles. The molecule has 0 aromatic heterocycles. The molecule has 1 unspecified atom stereocenters. The van der Waals surface area contributed by atoms with Gasteiger partial charge in [0.15, 0.2) is 0 Å². The first-order chi connectivity index (χ1) is 3.84. The fraction of sp³-hybridized carbons (Fsp3) is 1.00. The largest absolute Gasteiger partial charge is 0.375 e. The van der Waals surface area contributed by atoms with E-state index in [1.807, 2.05) is 6.92 Å². The molecule has 48 valence electrons. The van der Waals surface area contributed by atoms with E-state index in [0.29, 0.717) is 13.0 Å². The number of hydrogen-bond acceptors (Lipinski definition) is 1. The first-order valence-electron chi connectivity index (χ1n) is 3.10. The monoisotopic (exact) mass is 118 g/mol. The van der Waals surface area contributed by atoms with E-state index >= 15 is 0 Å². The lowest BCUT2D eigenvalue weighted by molar-refractivity contribution is -0.0547. The van der Waals surface area contributed by atoms with Crippen LogP contribution in [0.2, 0.25) is 0 Å². The van der Waals surface area contributed by atoms with Crippen molar-refractivity contribution in [1.29, 1.82) is 0 Å². The molecule has 0 N–H and O–H groups in total. The molecule has 1 nitrogen and oxygen atoms in total. The molecule has 0 spiro atoms. The van der Waals surface area contributed by atoms with Crippen LogP contribution in [0, 0.1) is 0 Å². The summed E-state index contributed by atoms with van der Waals surface area (Å²) in [6, 6.07) is 0. The Labute approximate surface area is 48.8 Å². The summed E-state index contributed by atoms with van der Waals surface area (Å²) < 4.78 is 17.3. The van der Waals surface area contributed by atoms with Gasteiger partial charge >= 0.3 is 0 Å². The van der Waals surface area contributed by atoms with E-state index in [-0.39, 0.29) is 6.10 Å². The maximum atomic E-state index is 12.2. The lowest BCUT2D eigenvalue weighted by Gasteiger charge is -2.29. The zero-order valence-corrected chi connectivity index (χ0v) is 5.06. The van der Waals surface area contributed by atoms with Gasteiger partial charge < -0.3 is 4.74 Å². The number of ether oxygens (including phenoxy) is 1. The van der Waals surface area contributed by atoms with Gasteiger partial charge in [-0.1, -0.05) is 0 Å². The van der Waals surface area contributed by atoms with Gasteiger partial charge in [-0.15, -0.1) is 0 Å². The van der Waals surface area contributed by atoms with Crippen molar-refractivity contribution >= 4 is 0 Å². The van der Waals surface area contributed by atoms with E-state index in [1.54, 1.807) is 0 Å². The van der Waals surface area contributed by atoms with Crippen LogP contribution < -0.4 is 0 Å². The summed E-state index contributed by atoms with van der Waals surface area (Å²) in [6.07, 6.45) is 0.870. The van der Waals surface area contributed by atoms with Crippen molar-refractivity contribution in [2.45, 2.75) is 32.0 Å². The minimum Gasteiger partial charge on any atom is -0.375 e. The van der Waals surface area contributed by atoms with Crippen LogP contribution in [0.3, 0.4) is 0 Å². The summed E-state index contributed by atoms with van der Waals surface area (Å²) in [5.41, 5.74) is 0. The summed E-state index contributed by atoms with van der Waals surface area (Å²) in [7, 11) is 0. The van der Waals surface area contributed by atoms with Gasteiger partial charge in [0, 0.05) is 6.61 Å². The zero-order valence-electron chi connectivity index (χ0n) is 5.06. The highest BCUT2D eigenvalue weighted by Gasteiger charge is 2.30. The van der Waals surface area contributed by atoms with Crippen LogP contribution in [0.5, 0.6) is 0 Å². The molecule has 1 aliphatic rings. The van der Waals surface area contributed by atoms with Crippen LogP contribution in [0.4, 0.5) is 4.39 Å². The van der Waals surface area contributed by atoms with E-state index in [1.165, 1.54) is 0 Å². The van der Waals surface area contributed by atoms with Gasteiger partial charge in [-0.05, 0) is 19.8 Å². The smallest absolute Gasteiger partial charge is 0.126 e. The predicted molar refractivity (Wildman–Crippen MR) is 29.5 cm³/mol. The molecule has 2 atom stereocenters. The highest BCUT2D eigenvalue weighted by Crippen LogP contribution is 2.25. The molecule has 0 radical (unpaired) electrons. The molecule has 0 aliphatic heterocycles. The Balaban J connectivity index is 2.08. The van der Waals surface area contributed by atoms with Crippen molar-refractivity contribution in [2.75, 3.05) is 6.61 Å². The van der Waals surface area contributed by atoms with Crippen LogP contribution in [0.25, 0.3) is 0 Å². The van der Waals surface area contributed by atoms with E-state index < -0.39 is 6.17 Å². The summed E-state index contributed by atoms with van der Waals surface area (Å²) in [4.78, 5) is 0. The van der Waals surface area contributed by atoms with Crippen molar-refractivity contribution in [1.82, 2.24) is 0 Å². The van der Waals surface area contributed by atoms with Crippen LogP contribution in [0.1, 0.15) is 19.8 Å². The summed E-state index contributed by atoms with van der Waals surface area (Å²) >= 11 is 0. The van der Waals surface area contributed by atoms with Crippen molar-refractivity contribution in [3.05, 3.63) is 0 Å². The number of hydrogen-bond donors (Lipinski definition) is 0. The first kappa shape index (κ1) is 6.02. The second-order valence-electron chi connectivity index (χ2n) is 2.09. The van der Waals surface area contributed by atoms with Gasteiger partial charge in [-0.25, -0.2) is 4.39 Å². The van der Waals surface area contributed by atoms with Crippen molar-refractivity contribution < 1.29 is 9.13 Å². The second-order valence-corrected chi connectivity index (χ2v) is 2.09. The molecular formula is C6H11FO. The lowest BCUT2D eigenvalue weighted by atomic mass is 9.94. The summed E-state index contributed by atoms with van der Waals surface area (Å²) in [6.45, 7) is 2.54. The zero-order chi connectivity index (χ0) is 5.98.